The van der Waals surface area contributed by atoms with Crippen molar-refractivity contribution in [1.29, 1.82) is 0 Å². The van der Waals surface area contributed by atoms with E-state index in [-0.39, 0.29) is 0 Å². The van der Waals surface area contributed by atoms with Crippen LogP contribution in [0.5, 0.6) is 0 Å². The molecule has 0 amide bonds. The molecule has 0 spiro atoms. The van der Waals surface area contributed by atoms with Crippen LogP contribution < -0.4 is 5.73 Å². The van der Waals surface area contributed by atoms with Crippen molar-refractivity contribution < 1.29 is 0 Å². The normalized spacial score (nSPS) is 29.8. The van der Waals surface area contributed by atoms with Crippen LogP contribution in [0.15, 0.2) is 24.3 Å². The maximum atomic E-state index is 6.09. The number of nitrogens with zero attached hydrogens (tertiary/aromatic N) is 1. The fourth-order valence-electron chi connectivity index (χ4n) is 5.34. The molecular weight excluding hydrogens is 364 g/mol. The summed E-state index contributed by atoms with van der Waals surface area (Å²) in [6, 6.07) is 9.70. The van der Waals surface area contributed by atoms with Gasteiger partial charge in [0.25, 0.3) is 0 Å². The number of halogens is 1. The van der Waals surface area contributed by atoms with E-state index in [0.717, 1.165) is 35.4 Å². The Hall–Kier alpha value is -0.570. The Bertz CT molecular complexity index is 556. The van der Waals surface area contributed by atoms with Crippen LogP contribution in [0.4, 0.5) is 0 Å². The van der Waals surface area contributed by atoms with Gasteiger partial charge in [0.15, 0.2) is 0 Å². The van der Waals surface area contributed by atoms with Crippen molar-refractivity contribution in [1.82, 2.24) is 4.90 Å². The van der Waals surface area contributed by atoms with E-state index in [1.165, 1.54) is 76.3 Å². The van der Waals surface area contributed by atoms with Gasteiger partial charge in [0.2, 0.25) is 0 Å². The molecule has 2 aliphatic rings. The SMILES string of the molecule is CCC(C)CN(Cc1ccc(Cl)cc1)C1CCC(CC2CCC(N)CC2)CC1. The molecule has 3 rings (SSSR count). The average Bonchev–Trinajstić information content (AvgIpc) is 2.71. The van der Waals surface area contributed by atoms with Crippen molar-refractivity contribution in [3.05, 3.63) is 34.9 Å². The van der Waals surface area contributed by atoms with Gasteiger partial charge in [0, 0.05) is 30.2 Å². The van der Waals surface area contributed by atoms with E-state index in [4.69, 9.17) is 17.3 Å². The van der Waals surface area contributed by atoms with Gasteiger partial charge in [-0.1, -0.05) is 44.0 Å². The summed E-state index contributed by atoms with van der Waals surface area (Å²) < 4.78 is 0. The standard InChI is InChI=1S/C25H41ClN2/c1-3-19(2)17-28(18-22-4-10-23(26)11-5-22)25-14-8-21(9-15-25)16-20-6-12-24(27)13-7-20/h4-5,10-11,19-21,24-25H,3,6-9,12-18,27H2,1-2H3. The Morgan fingerprint density at radius 3 is 2.11 bits per heavy atom. The van der Waals surface area contributed by atoms with Gasteiger partial charge in [-0.3, -0.25) is 4.90 Å². The molecule has 0 radical (unpaired) electrons. The topological polar surface area (TPSA) is 29.3 Å². The molecule has 1 unspecified atom stereocenters. The van der Waals surface area contributed by atoms with Crippen molar-refractivity contribution in [2.75, 3.05) is 6.54 Å². The van der Waals surface area contributed by atoms with Crippen LogP contribution in [-0.2, 0) is 6.54 Å². The molecule has 0 heterocycles. The van der Waals surface area contributed by atoms with Gasteiger partial charge in [0.1, 0.15) is 0 Å². The first-order valence-electron chi connectivity index (χ1n) is 11.8. The Kier molecular flexibility index (Phi) is 8.69. The van der Waals surface area contributed by atoms with Gasteiger partial charge >= 0.3 is 0 Å². The van der Waals surface area contributed by atoms with E-state index in [9.17, 15) is 0 Å². The second-order valence-corrected chi connectivity index (χ2v) is 10.2. The zero-order valence-electron chi connectivity index (χ0n) is 18.1. The number of hydrogen-bond acceptors (Lipinski definition) is 2. The lowest BCUT2D eigenvalue weighted by molar-refractivity contribution is 0.103. The lowest BCUT2D eigenvalue weighted by Gasteiger charge is -2.39. The van der Waals surface area contributed by atoms with Crippen LogP contribution in [0.1, 0.15) is 83.6 Å². The highest BCUT2D eigenvalue weighted by Crippen LogP contribution is 2.36. The minimum Gasteiger partial charge on any atom is -0.328 e. The number of hydrogen-bond donors (Lipinski definition) is 1. The third-order valence-corrected chi connectivity index (χ3v) is 7.68. The third-order valence-electron chi connectivity index (χ3n) is 7.43. The van der Waals surface area contributed by atoms with Gasteiger partial charge < -0.3 is 5.73 Å². The summed E-state index contributed by atoms with van der Waals surface area (Å²) in [4.78, 5) is 2.77. The molecule has 2 fully saturated rings. The highest BCUT2D eigenvalue weighted by Gasteiger charge is 2.29. The third kappa shape index (κ3) is 6.75. The Balaban J connectivity index is 1.52. The molecule has 2 nitrogen and oxygen atoms in total. The predicted octanol–water partition coefficient (Wildman–Crippen LogP) is 6.65. The van der Waals surface area contributed by atoms with Gasteiger partial charge in [-0.05, 0) is 93.2 Å². The highest BCUT2D eigenvalue weighted by atomic mass is 35.5. The molecule has 158 valence electrons. The Labute approximate surface area is 178 Å². The largest absolute Gasteiger partial charge is 0.328 e. The van der Waals surface area contributed by atoms with E-state index < -0.39 is 0 Å². The fraction of sp³-hybridized carbons (Fsp3) is 0.760. The molecular formula is C25H41ClN2. The van der Waals surface area contributed by atoms with Crippen LogP contribution in [0.3, 0.4) is 0 Å². The molecule has 1 atom stereocenters. The first-order chi connectivity index (χ1) is 13.5. The van der Waals surface area contributed by atoms with Crippen LogP contribution in [0, 0.1) is 17.8 Å². The van der Waals surface area contributed by atoms with Crippen LogP contribution in [0.2, 0.25) is 5.02 Å². The Morgan fingerprint density at radius 1 is 0.964 bits per heavy atom. The molecule has 2 N–H and O–H groups in total. The smallest absolute Gasteiger partial charge is 0.0406 e. The van der Waals surface area contributed by atoms with Crippen molar-refractivity contribution in [3.8, 4) is 0 Å². The van der Waals surface area contributed by atoms with Gasteiger partial charge in [-0.2, -0.15) is 0 Å². The molecule has 1 aromatic carbocycles. The number of rotatable bonds is 8. The summed E-state index contributed by atoms with van der Waals surface area (Å²) in [5, 5.41) is 0.835. The number of nitrogens with two attached hydrogens (primary N) is 1. The van der Waals surface area contributed by atoms with E-state index in [1.807, 2.05) is 12.1 Å². The lowest BCUT2D eigenvalue weighted by Crippen LogP contribution is -2.40. The molecule has 0 bridgehead atoms. The molecule has 0 saturated heterocycles. The zero-order valence-corrected chi connectivity index (χ0v) is 18.8. The summed E-state index contributed by atoms with van der Waals surface area (Å²) in [6.07, 6.45) is 13.6. The Morgan fingerprint density at radius 2 is 1.54 bits per heavy atom. The summed E-state index contributed by atoms with van der Waals surface area (Å²) >= 11 is 6.09. The molecule has 0 aliphatic heterocycles. The molecule has 3 heteroatoms. The van der Waals surface area contributed by atoms with Crippen molar-refractivity contribution in [3.63, 3.8) is 0 Å². The van der Waals surface area contributed by atoms with Crippen LogP contribution in [0.25, 0.3) is 0 Å². The summed E-state index contributed by atoms with van der Waals surface area (Å²) in [6.45, 7) is 7.00. The summed E-state index contributed by atoms with van der Waals surface area (Å²) in [5.41, 5.74) is 7.49. The second kappa shape index (κ2) is 11.0. The van der Waals surface area contributed by atoms with Crippen molar-refractivity contribution >= 4 is 11.6 Å². The quantitative estimate of drug-likeness (QED) is 0.525. The minimum absolute atomic E-state index is 0.481. The summed E-state index contributed by atoms with van der Waals surface area (Å²) in [7, 11) is 0. The van der Waals surface area contributed by atoms with E-state index in [2.05, 4.69) is 30.9 Å². The van der Waals surface area contributed by atoms with E-state index in [0.29, 0.717) is 6.04 Å². The second-order valence-electron chi connectivity index (χ2n) is 9.76. The zero-order chi connectivity index (χ0) is 19.9. The first-order valence-corrected chi connectivity index (χ1v) is 12.1. The molecule has 2 aliphatic carbocycles. The average molecular weight is 405 g/mol. The predicted molar refractivity (Wildman–Crippen MR) is 122 cm³/mol. The highest BCUT2D eigenvalue weighted by molar-refractivity contribution is 6.30. The molecule has 2 saturated carbocycles. The van der Waals surface area contributed by atoms with Crippen LogP contribution in [-0.4, -0.2) is 23.5 Å². The van der Waals surface area contributed by atoms with Gasteiger partial charge in [0.05, 0.1) is 0 Å². The fourth-order valence-corrected chi connectivity index (χ4v) is 5.46. The minimum atomic E-state index is 0.481. The maximum Gasteiger partial charge on any atom is 0.0406 e. The van der Waals surface area contributed by atoms with Gasteiger partial charge in [-0.25, -0.2) is 0 Å². The van der Waals surface area contributed by atoms with Gasteiger partial charge in [-0.15, -0.1) is 0 Å². The molecule has 0 aromatic heterocycles. The molecule has 1 aromatic rings. The van der Waals surface area contributed by atoms with Crippen molar-refractivity contribution in [2.45, 2.75) is 96.7 Å². The van der Waals surface area contributed by atoms with E-state index in [1.54, 1.807) is 0 Å². The van der Waals surface area contributed by atoms with Crippen LogP contribution >= 0.6 is 11.6 Å². The van der Waals surface area contributed by atoms with E-state index >= 15 is 0 Å². The lowest BCUT2D eigenvalue weighted by atomic mass is 9.75. The monoisotopic (exact) mass is 404 g/mol. The number of benzene rings is 1. The molecule has 28 heavy (non-hydrogen) atoms. The summed E-state index contributed by atoms with van der Waals surface area (Å²) in [5.74, 6) is 2.67. The van der Waals surface area contributed by atoms with Crippen molar-refractivity contribution in [2.24, 2.45) is 23.5 Å². The first kappa shape index (κ1) is 22.1. The maximum absolute atomic E-state index is 6.09.